The monoisotopic (exact) mass is 403 g/mol. The summed E-state index contributed by atoms with van der Waals surface area (Å²) in [6.45, 7) is 11.5. The van der Waals surface area contributed by atoms with Crippen LogP contribution < -0.4 is 15.4 Å². The minimum absolute atomic E-state index is 0.239. The number of benzene rings is 1. The van der Waals surface area contributed by atoms with Gasteiger partial charge in [0.25, 0.3) is 0 Å². The van der Waals surface area contributed by atoms with Gasteiger partial charge in [-0.3, -0.25) is 14.8 Å². The first kappa shape index (κ1) is 21.9. The fraction of sp³-hybridized carbons (Fsp3) is 0.682. The highest BCUT2D eigenvalue weighted by molar-refractivity contribution is 5.79. The summed E-state index contributed by atoms with van der Waals surface area (Å²) in [6, 6.07) is 8.59. The van der Waals surface area contributed by atoms with Gasteiger partial charge >= 0.3 is 0 Å². The van der Waals surface area contributed by atoms with Crippen LogP contribution in [0.5, 0.6) is 5.75 Å². The molecule has 7 heteroatoms. The molecule has 162 valence electrons. The molecule has 0 bridgehead atoms. The Balaban J connectivity index is 1.64. The molecule has 1 aromatic carbocycles. The maximum absolute atomic E-state index is 5.65. The lowest BCUT2D eigenvalue weighted by Gasteiger charge is -2.28. The summed E-state index contributed by atoms with van der Waals surface area (Å²) in [6.07, 6.45) is 2.51. The molecule has 29 heavy (non-hydrogen) atoms. The molecule has 3 rings (SSSR count). The van der Waals surface area contributed by atoms with E-state index >= 15 is 0 Å². The number of para-hydroxylation sites is 1. The van der Waals surface area contributed by atoms with E-state index in [0.717, 1.165) is 70.7 Å². The van der Waals surface area contributed by atoms with Crippen LogP contribution in [0.1, 0.15) is 31.4 Å². The number of aliphatic imine (C=N–C) groups is 1. The minimum Gasteiger partial charge on any atom is -0.496 e. The number of guanidine groups is 1. The average Bonchev–Trinajstić information content (AvgIpc) is 3.29. The quantitative estimate of drug-likeness (QED) is 0.484. The molecule has 2 N–H and O–H groups in total. The van der Waals surface area contributed by atoms with Crippen molar-refractivity contribution in [2.45, 2.75) is 25.8 Å². The number of hydrogen-bond acceptors (Lipinski definition) is 5. The topological polar surface area (TPSA) is 61.4 Å². The second-order valence-corrected chi connectivity index (χ2v) is 7.60. The first-order valence-electron chi connectivity index (χ1n) is 11.0. The molecule has 0 radical (unpaired) electrons. The molecular weight excluding hydrogens is 366 g/mol. The first-order chi connectivity index (χ1) is 14.3. The third-order valence-corrected chi connectivity index (χ3v) is 5.67. The van der Waals surface area contributed by atoms with E-state index in [1.165, 1.54) is 18.4 Å². The van der Waals surface area contributed by atoms with Crippen LogP contribution in [0.2, 0.25) is 0 Å². The molecule has 0 amide bonds. The van der Waals surface area contributed by atoms with Gasteiger partial charge in [-0.05, 0) is 38.9 Å². The molecule has 2 aliphatic rings. The lowest BCUT2D eigenvalue weighted by atomic mass is 10.0. The highest BCUT2D eigenvalue weighted by Crippen LogP contribution is 2.31. The van der Waals surface area contributed by atoms with E-state index in [4.69, 9.17) is 14.5 Å². The zero-order valence-electron chi connectivity index (χ0n) is 18.0. The molecule has 0 aromatic heterocycles. The Hall–Kier alpha value is -1.83. The Morgan fingerprint density at radius 2 is 1.90 bits per heavy atom. The van der Waals surface area contributed by atoms with E-state index in [1.54, 1.807) is 7.11 Å². The van der Waals surface area contributed by atoms with E-state index in [2.05, 4.69) is 39.5 Å². The second kappa shape index (κ2) is 12.0. The summed E-state index contributed by atoms with van der Waals surface area (Å²) in [4.78, 5) is 9.92. The van der Waals surface area contributed by atoms with Crippen LogP contribution in [0.4, 0.5) is 0 Å². The Morgan fingerprint density at radius 1 is 1.14 bits per heavy atom. The molecule has 1 unspecified atom stereocenters. The van der Waals surface area contributed by atoms with Gasteiger partial charge in [-0.1, -0.05) is 18.2 Å². The largest absolute Gasteiger partial charge is 0.496 e. The lowest BCUT2D eigenvalue weighted by molar-refractivity contribution is 0.0389. The van der Waals surface area contributed by atoms with Crippen LogP contribution in [0, 0.1) is 0 Å². The zero-order chi connectivity index (χ0) is 20.3. The van der Waals surface area contributed by atoms with Crippen LogP contribution >= 0.6 is 0 Å². The number of nitrogens with one attached hydrogen (secondary N) is 2. The number of likely N-dealkylation sites (tertiary alicyclic amines) is 1. The third-order valence-electron chi connectivity index (χ3n) is 5.67. The van der Waals surface area contributed by atoms with Crippen LogP contribution in [0.15, 0.2) is 29.3 Å². The molecule has 0 saturated carbocycles. The van der Waals surface area contributed by atoms with Gasteiger partial charge in [-0.15, -0.1) is 0 Å². The molecular formula is C22H37N5O2. The SMILES string of the molecule is CCNC(=NCC(c1ccccc1OC)N1CCCC1)NCCN1CCOCC1. The summed E-state index contributed by atoms with van der Waals surface area (Å²) >= 11 is 0. The van der Waals surface area contributed by atoms with Crippen molar-refractivity contribution in [2.75, 3.05) is 72.7 Å². The van der Waals surface area contributed by atoms with Gasteiger partial charge in [0.05, 0.1) is 32.9 Å². The molecule has 2 fully saturated rings. The maximum atomic E-state index is 5.65. The van der Waals surface area contributed by atoms with Crippen molar-refractivity contribution >= 4 is 5.96 Å². The molecule has 2 saturated heterocycles. The Bertz CT molecular complexity index is 627. The van der Waals surface area contributed by atoms with Crippen molar-refractivity contribution in [3.05, 3.63) is 29.8 Å². The van der Waals surface area contributed by atoms with E-state index in [0.29, 0.717) is 6.54 Å². The molecule has 1 atom stereocenters. The van der Waals surface area contributed by atoms with Crippen molar-refractivity contribution in [2.24, 2.45) is 4.99 Å². The van der Waals surface area contributed by atoms with Gasteiger partial charge in [0.15, 0.2) is 5.96 Å². The van der Waals surface area contributed by atoms with Gasteiger partial charge in [0, 0.05) is 38.3 Å². The number of methoxy groups -OCH3 is 1. The highest BCUT2D eigenvalue weighted by atomic mass is 16.5. The molecule has 0 spiro atoms. The number of rotatable bonds is 9. The lowest BCUT2D eigenvalue weighted by Crippen LogP contribution is -2.44. The van der Waals surface area contributed by atoms with Crippen LogP contribution in [-0.4, -0.2) is 88.4 Å². The predicted octanol–water partition coefficient (Wildman–Crippen LogP) is 1.72. The number of nitrogens with zero attached hydrogens (tertiary/aromatic N) is 3. The van der Waals surface area contributed by atoms with Crippen LogP contribution in [0.3, 0.4) is 0 Å². The molecule has 1 aromatic rings. The minimum atomic E-state index is 0.239. The van der Waals surface area contributed by atoms with Gasteiger partial charge in [-0.25, -0.2) is 0 Å². The smallest absolute Gasteiger partial charge is 0.191 e. The number of hydrogen-bond donors (Lipinski definition) is 2. The molecule has 2 heterocycles. The Kier molecular flexibility index (Phi) is 9.05. The predicted molar refractivity (Wildman–Crippen MR) is 118 cm³/mol. The van der Waals surface area contributed by atoms with Gasteiger partial charge in [0.1, 0.15) is 5.75 Å². The molecule has 2 aliphatic heterocycles. The van der Waals surface area contributed by atoms with Gasteiger partial charge < -0.3 is 20.1 Å². The fourth-order valence-electron chi connectivity index (χ4n) is 4.08. The van der Waals surface area contributed by atoms with Gasteiger partial charge in [0.2, 0.25) is 0 Å². The Labute approximate surface area is 175 Å². The van der Waals surface area contributed by atoms with Crippen molar-refractivity contribution in [3.8, 4) is 5.75 Å². The van der Waals surface area contributed by atoms with Crippen molar-refractivity contribution in [3.63, 3.8) is 0 Å². The number of morpholine rings is 1. The van der Waals surface area contributed by atoms with E-state index in [9.17, 15) is 0 Å². The fourth-order valence-corrected chi connectivity index (χ4v) is 4.08. The van der Waals surface area contributed by atoms with Crippen molar-refractivity contribution in [1.29, 1.82) is 0 Å². The Morgan fingerprint density at radius 3 is 2.62 bits per heavy atom. The van der Waals surface area contributed by atoms with E-state index in [1.807, 2.05) is 12.1 Å². The van der Waals surface area contributed by atoms with Crippen LogP contribution in [0.25, 0.3) is 0 Å². The first-order valence-corrected chi connectivity index (χ1v) is 11.0. The standard InChI is InChI=1S/C22H37N5O2/c1-3-23-22(24-10-13-26-14-16-29-17-15-26)25-18-20(27-11-6-7-12-27)19-8-4-5-9-21(19)28-2/h4-5,8-9,20H,3,6-7,10-18H2,1-2H3,(H2,23,24,25). The van der Waals surface area contributed by atoms with E-state index < -0.39 is 0 Å². The zero-order valence-corrected chi connectivity index (χ0v) is 18.0. The van der Waals surface area contributed by atoms with E-state index in [-0.39, 0.29) is 6.04 Å². The van der Waals surface area contributed by atoms with Crippen molar-refractivity contribution < 1.29 is 9.47 Å². The van der Waals surface area contributed by atoms with Crippen molar-refractivity contribution in [1.82, 2.24) is 20.4 Å². The number of ether oxygens (including phenoxy) is 2. The van der Waals surface area contributed by atoms with Crippen LogP contribution in [-0.2, 0) is 4.74 Å². The molecule has 0 aliphatic carbocycles. The summed E-state index contributed by atoms with van der Waals surface area (Å²) in [7, 11) is 1.75. The summed E-state index contributed by atoms with van der Waals surface area (Å²) in [5, 5.41) is 6.89. The summed E-state index contributed by atoms with van der Waals surface area (Å²) < 4.78 is 11.1. The average molecular weight is 404 g/mol. The summed E-state index contributed by atoms with van der Waals surface area (Å²) in [5.41, 5.74) is 1.23. The third kappa shape index (κ3) is 6.59. The maximum Gasteiger partial charge on any atom is 0.191 e. The highest BCUT2D eigenvalue weighted by Gasteiger charge is 2.25. The summed E-state index contributed by atoms with van der Waals surface area (Å²) in [5.74, 6) is 1.84. The normalized spacial score (nSPS) is 19.9. The van der Waals surface area contributed by atoms with Gasteiger partial charge in [-0.2, -0.15) is 0 Å². The second-order valence-electron chi connectivity index (χ2n) is 7.60. The molecule has 7 nitrogen and oxygen atoms in total.